The normalized spacial score (nSPS) is 16.5. The van der Waals surface area contributed by atoms with Gasteiger partial charge in [-0.3, -0.25) is 0 Å². The first-order chi connectivity index (χ1) is 9.65. The van der Waals surface area contributed by atoms with Gasteiger partial charge in [-0.25, -0.2) is 4.98 Å². The number of hydrogen-bond donors (Lipinski definition) is 1. The topological polar surface area (TPSA) is 43.8 Å². The lowest BCUT2D eigenvalue weighted by Gasteiger charge is -2.17. The lowest BCUT2D eigenvalue weighted by atomic mass is 10.2. The lowest BCUT2D eigenvalue weighted by molar-refractivity contribution is 0.500. The highest BCUT2D eigenvalue weighted by Crippen LogP contribution is 2.33. The quantitative estimate of drug-likeness (QED) is 0.907. The molecule has 0 unspecified atom stereocenters. The first kappa shape index (κ1) is 13.4. The average molecular weight is 287 g/mol. The largest absolute Gasteiger partial charge is 0.375 e. The highest BCUT2D eigenvalue weighted by atomic mass is 32.1. The Kier molecular flexibility index (Phi) is 3.66. The number of thiazole rings is 1. The molecule has 3 nitrogen and oxygen atoms in total. The van der Waals surface area contributed by atoms with Crippen LogP contribution in [0.25, 0.3) is 12.2 Å². The number of aromatic nitrogens is 2. The van der Waals surface area contributed by atoms with E-state index in [0.717, 1.165) is 5.69 Å². The van der Waals surface area contributed by atoms with Crippen LogP contribution in [-0.4, -0.2) is 9.55 Å². The third kappa shape index (κ3) is 2.52. The molecule has 3 rings (SSSR count). The van der Waals surface area contributed by atoms with Crippen molar-refractivity contribution in [1.82, 2.24) is 9.55 Å². The van der Waals surface area contributed by atoms with E-state index in [9.17, 15) is 0 Å². The zero-order chi connectivity index (χ0) is 14.1. The van der Waals surface area contributed by atoms with Crippen LogP contribution in [0, 0.1) is 13.8 Å². The van der Waals surface area contributed by atoms with Crippen molar-refractivity contribution in [3.8, 4) is 0 Å². The van der Waals surface area contributed by atoms with Crippen LogP contribution >= 0.6 is 11.3 Å². The van der Waals surface area contributed by atoms with E-state index in [2.05, 4.69) is 35.5 Å². The minimum absolute atomic E-state index is 0.626. The zero-order valence-electron chi connectivity index (χ0n) is 12.1. The summed E-state index contributed by atoms with van der Waals surface area (Å²) in [6.07, 6.45) is 9.58. The van der Waals surface area contributed by atoms with Crippen molar-refractivity contribution in [2.24, 2.45) is 0 Å². The number of nitrogen functional groups attached to an aromatic ring is 1. The van der Waals surface area contributed by atoms with Gasteiger partial charge in [0.2, 0.25) is 0 Å². The molecule has 1 saturated carbocycles. The summed E-state index contributed by atoms with van der Waals surface area (Å²) in [5.41, 5.74) is 10.6. The van der Waals surface area contributed by atoms with Crippen LogP contribution in [0.15, 0.2) is 11.4 Å². The van der Waals surface area contributed by atoms with Crippen LogP contribution in [0.3, 0.4) is 0 Å². The number of anilines is 1. The minimum Gasteiger partial charge on any atom is -0.375 e. The van der Waals surface area contributed by atoms with Gasteiger partial charge >= 0.3 is 0 Å². The molecule has 0 bridgehead atoms. The molecule has 1 fully saturated rings. The van der Waals surface area contributed by atoms with E-state index in [1.165, 1.54) is 54.0 Å². The van der Waals surface area contributed by atoms with Gasteiger partial charge in [0.25, 0.3) is 0 Å². The van der Waals surface area contributed by atoms with E-state index >= 15 is 0 Å². The Balaban J connectivity index is 1.87. The summed E-state index contributed by atoms with van der Waals surface area (Å²) in [6.45, 7) is 4.43. The third-order valence-electron chi connectivity index (χ3n) is 4.19. The van der Waals surface area contributed by atoms with E-state index in [-0.39, 0.29) is 0 Å². The Morgan fingerprint density at radius 3 is 2.70 bits per heavy atom. The SMILES string of the molecule is Cc1cc(/C=C/c2csc(N)n2)c(C)n1C1CCCC1. The summed E-state index contributed by atoms with van der Waals surface area (Å²) < 4.78 is 2.52. The van der Waals surface area contributed by atoms with Gasteiger partial charge in [-0.05, 0) is 44.4 Å². The highest BCUT2D eigenvalue weighted by Gasteiger charge is 2.20. The molecule has 106 valence electrons. The maximum atomic E-state index is 5.66. The monoisotopic (exact) mass is 287 g/mol. The Morgan fingerprint density at radius 1 is 1.30 bits per heavy atom. The fraction of sp³-hybridized carbons (Fsp3) is 0.438. The molecule has 4 heteroatoms. The molecule has 0 radical (unpaired) electrons. The first-order valence-corrected chi connectivity index (χ1v) is 8.10. The standard InChI is InChI=1S/C16H21N3S/c1-11-9-13(7-8-14-10-20-16(17)18-14)12(2)19(11)15-5-3-4-6-15/h7-10,15H,3-6H2,1-2H3,(H2,17,18)/b8-7+. The molecule has 2 aromatic heterocycles. The van der Waals surface area contributed by atoms with Gasteiger partial charge in [0.05, 0.1) is 5.69 Å². The average Bonchev–Trinajstić information content (AvgIpc) is 3.10. The van der Waals surface area contributed by atoms with Crippen molar-refractivity contribution in [3.05, 3.63) is 34.1 Å². The summed E-state index contributed by atoms with van der Waals surface area (Å²) in [7, 11) is 0. The van der Waals surface area contributed by atoms with Gasteiger partial charge in [-0.2, -0.15) is 0 Å². The van der Waals surface area contributed by atoms with Crippen LogP contribution in [0.1, 0.15) is 54.4 Å². The van der Waals surface area contributed by atoms with E-state index in [1.54, 1.807) is 0 Å². The molecule has 0 atom stereocenters. The van der Waals surface area contributed by atoms with Gasteiger partial charge < -0.3 is 10.3 Å². The second kappa shape index (κ2) is 5.44. The Morgan fingerprint density at radius 2 is 2.05 bits per heavy atom. The van der Waals surface area contributed by atoms with Crippen molar-refractivity contribution in [2.45, 2.75) is 45.6 Å². The van der Waals surface area contributed by atoms with Crippen LogP contribution in [0.2, 0.25) is 0 Å². The van der Waals surface area contributed by atoms with Crippen molar-refractivity contribution < 1.29 is 0 Å². The Bertz CT molecular complexity index is 630. The van der Waals surface area contributed by atoms with Crippen molar-refractivity contribution in [3.63, 3.8) is 0 Å². The fourth-order valence-corrected chi connectivity index (χ4v) is 3.78. The smallest absolute Gasteiger partial charge is 0.180 e. The second-order valence-electron chi connectivity index (χ2n) is 5.58. The number of hydrogen-bond acceptors (Lipinski definition) is 3. The summed E-state index contributed by atoms with van der Waals surface area (Å²) >= 11 is 1.48. The van der Waals surface area contributed by atoms with Gasteiger partial charge in [-0.15, -0.1) is 11.3 Å². The van der Waals surface area contributed by atoms with E-state index in [1.807, 2.05) is 11.5 Å². The van der Waals surface area contributed by atoms with E-state index < -0.39 is 0 Å². The third-order valence-corrected chi connectivity index (χ3v) is 4.88. The van der Waals surface area contributed by atoms with Gasteiger partial charge in [-0.1, -0.05) is 18.9 Å². The molecule has 0 aliphatic heterocycles. The van der Waals surface area contributed by atoms with Crippen LogP contribution in [0.4, 0.5) is 5.13 Å². The maximum Gasteiger partial charge on any atom is 0.180 e. The summed E-state index contributed by atoms with van der Waals surface area (Å²) in [5, 5.41) is 2.61. The summed E-state index contributed by atoms with van der Waals surface area (Å²) in [5.74, 6) is 0. The summed E-state index contributed by atoms with van der Waals surface area (Å²) in [4.78, 5) is 4.26. The lowest BCUT2D eigenvalue weighted by Crippen LogP contribution is -2.08. The highest BCUT2D eigenvalue weighted by molar-refractivity contribution is 7.13. The molecule has 1 aliphatic carbocycles. The maximum absolute atomic E-state index is 5.66. The predicted molar refractivity (Wildman–Crippen MR) is 86.9 cm³/mol. The molecule has 0 aromatic carbocycles. The molecule has 0 amide bonds. The van der Waals surface area contributed by atoms with Crippen molar-refractivity contribution >= 4 is 28.6 Å². The summed E-state index contributed by atoms with van der Waals surface area (Å²) in [6, 6.07) is 2.98. The second-order valence-corrected chi connectivity index (χ2v) is 6.47. The van der Waals surface area contributed by atoms with E-state index in [0.29, 0.717) is 11.2 Å². The van der Waals surface area contributed by atoms with Gasteiger partial charge in [0.15, 0.2) is 5.13 Å². The number of aryl methyl sites for hydroxylation is 1. The fourth-order valence-electron chi connectivity index (χ4n) is 3.25. The molecule has 0 spiro atoms. The van der Waals surface area contributed by atoms with Gasteiger partial charge in [0, 0.05) is 22.8 Å². The predicted octanol–water partition coefficient (Wildman–Crippen LogP) is 4.43. The molecule has 1 aliphatic rings. The van der Waals surface area contributed by atoms with Crippen molar-refractivity contribution in [1.29, 1.82) is 0 Å². The minimum atomic E-state index is 0.626. The van der Waals surface area contributed by atoms with Crippen LogP contribution < -0.4 is 5.73 Å². The first-order valence-electron chi connectivity index (χ1n) is 7.22. The number of nitrogens with two attached hydrogens (primary N) is 1. The van der Waals surface area contributed by atoms with Crippen LogP contribution in [0.5, 0.6) is 0 Å². The molecule has 2 heterocycles. The number of rotatable bonds is 3. The molecule has 2 N–H and O–H groups in total. The molecule has 0 saturated heterocycles. The molecular weight excluding hydrogens is 266 g/mol. The van der Waals surface area contributed by atoms with Crippen molar-refractivity contribution in [2.75, 3.05) is 5.73 Å². The molecule has 2 aromatic rings. The Labute approximate surface area is 124 Å². The van der Waals surface area contributed by atoms with E-state index in [4.69, 9.17) is 5.73 Å². The molecule has 20 heavy (non-hydrogen) atoms. The molecular formula is C16H21N3S. The van der Waals surface area contributed by atoms with Crippen LogP contribution in [-0.2, 0) is 0 Å². The van der Waals surface area contributed by atoms with Gasteiger partial charge in [0.1, 0.15) is 0 Å². The number of nitrogens with zero attached hydrogens (tertiary/aromatic N) is 2. The zero-order valence-corrected chi connectivity index (χ0v) is 12.9. The Hall–Kier alpha value is -1.55.